The van der Waals surface area contributed by atoms with E-state index in [2.05, 4.69) is 10.3 Å². The summed E-state index contributed by atoms with van der Waals surface area (Å²) in [4.78, 5) is 16.2. The number of nitrogens with two attached hydrogens (primary N) is 2. The molecule has 1 amide bonds. The fourth-order valence-electron chi connectivity index (χ4n) is 1.88. The largest absolute Gasteiger partial charge is 0.398 e. The highest BCUT2D eigenvalue weighted by Gasteiger charge is 2.10. The lowest BCUT2D eigenvalue weighted by Gasteiger charge is -2.07. The van der Waals surface area contributed by atoms with Crippen LogP contribution in [0.25, 0.3) is 10.9 Å². The average Bonchev–Trinajstić information content (AvgIpc) is 2.42. The molecule has 112 valence electrons. The SMILES string of the molecule is Nc1cc(C(=O)NCCCS(N)(=O)=O)nc2ccccc12. The van der Waals surface area contributed by atoms with Crippen LogP contribution in [0.1, 0.15) is 16.9 Å². The Hall–Kier alpha value is -2.19. The van der Waals surface area contributed by atoms with Gasteiger partial charge in [0, 0.05) is 17.6 Å². The third-order valence-corrected chi connectivity index (χ3v) is 3.73. The fraction of sp³-hybridized carbons (Fsp3) is 0.231. The summed E-state index contributed by atoms with van der Waals surface area (Å²) in [6, 6.07) is 8.74. The molecule has 1 heterocycles. The number of sulfonamides is 1. The second-order valence-corrected chi connectivity index (χ2v) is 6.32. The highest BCUT2D eigenvalue weighted by molar-refractivity contribution is 7.89. The summed E-state index contributed by atoms with van der Waals surface area (Å²) in [7, 11) is -3.51. The fourth-order valence-corrected chi connectivity index (χ4v) is 2.43. The molecule has 0 saturated heterocycles. The van der Waals surface area contributed by atoms with Crippen LogP contribution in [0.3, 0.4) is 0 Å². The summed E-state index contributed by atoms with van der Waals surface area (Å²) in [5.74, 6) is -0.581. The molecule has 5 N–H and O–H groups in total. The van der Waals surface area contributed by atoms with Gasteiger partial charge in [-0.25, -0.2) is 18.5 Å². The highest BCUT2D eigenvalue weighted by Crippen LogP contribution is 2.19. The van der Waals surface area contributed by atoms with Crippen LogP contribution in [0.15, 0.2) is 30.3 Å². The maximum Gasteiger partial charge on any atom is 0.269 e. The smallest absolute Gasteiger partial charge is 0.269 e. The Morgan fingerprint density at radius 3 is 2.71 bits per heavy atom. The standard InChI is InChI=1S/C13H16N4O3S/c14-10-8-12(17-11-5-2-1-4-9(10)11)13(18)16-6-3-7-21(15,19)20/h1-2,4-5,8H,3,6-7H2,(H2,14,17)(H,16,18)(H2,15,19,20). The molecule has 0 spiro atoms. The van der Waals surface area contributed by atoms with E-state index in [1.807, 2.05) is 18.2 Å². The number of primary sulfonamides is 1. The number of anilines is 1. The van der Waals surface area contributed by atoms with Crippen LogP contribution in [0.2, 0.25) is 0 Å². The minimum atomic E-state index is -3.51. The topological polar surface area (TPSA) is 128 Å². The molecule has 7 nitrogen and oxygen atoms in total. The molecule has 0 saturated carbocycles. The monoisotopic (exact) mass is 308 g/mol. The Morgan fingerprint density at radius 2 is 2.00 bits per heavy atom. The summed E-state index contributed by atoms with van der Waals surface area (Å²) in [5, 5.41) is 8.24. The van der Waals surface area contributed by atoms with Crippen molar-refractivity contribution in [3.63, 3.8) is 0 Å². The lowest BCUT2D eigenvalue weighted by molar-refractivity contribution is 0.0949. The van der Waals surface area contributed by atoms with E-state index < -0.39 is 15.9 Å². The van der Waals surface area contributed by atoms with Crippen LogP contribution in [0.4, 0.5) is 5.69 Å². The summed E-state index contributed by atoms with van der Waals surface area (Å²) < 4.78 is 21.5. The molecule has 0 bridgehead atoms. The number of para-hydroxylation sites is 1. The van der Waals surface area contributed by atoms with Gasteiger partial charge in [0.05, 0.1) is 11.3 Å². The van der Waals surface area contributed by atoms with Crippen molar-refractivity contribution < 1.29 is 13.2 Å². The summed E-state index contributed by atoms with van der Waals surface area (Å²) >= 11 is 0. The number of fused-ring (bicyclic) bond motifs is 1. The first-order valence-electron chi connectivity index (χ1n) is 6.31. The molecule has 0 unspecified atom stereocenters. The van der Waals surface area contributed by atoms with E-state index in [9.17, 15) is 13.2 Å². The van der Waals surface area contributed by atoms with Gasteiger partial charge in [0.15, 0.2) is 0 Å². The third kappa shape index (κ3) is 4.14. The number of carbonyl (C=O) groups is 1. The first-order valence-corrected chi connectivity index (χ1v) is 8.02. The molecular formula is C13H16N4O3S. The second-order valence-electron chi connectivity index (χ2n) is 4.59. The van der Waals surface area contributed by atoms with E-state index in [1.165, 1.54) is 6.07 Å². The maximum absolute atomic E-state index is 12.0. The van der Waals surface area contributed by atoms with Gasteiger partial charge < -0.3 is 11.1 Å². The minimum Gasteiger partial charge on any atom is -0.398 e. The Labute approximate surface area is 122 Å². The second kappa shape index (κ2) is 6.06. The van der Waals surface area contributed by atoms with Gasteiger partial charge in [0.25, 0.3) is 5.91 Å². The molecule has 2 aromatic rings. The predicted octanol–water partition coefficient (Wildman–Crippen LogP) is 0.225. The van der Waals surface area contributed by atoms with Crippen LogP contribution in [0.5, 0.6) is 0 Å². The predicted molar refractivity (Wildman–Crippen MR) is 81.1 cm³/mol. The lowest BCUT2D eigenvalue weighted by atomic mass is 10.1. The molecule has 21 heavy (non-hydrogen) atoms. The van der Waals surface area contributed by atoms with Gasteiger partial charge in [-0.2, -0.15) is 0 Å². The summed E-state index contributed by atoms with van der Waals surface area (Å²) in [6.45, 7) is 0.198. The van der Waals surface area contributed by atoms with Crippen molar-refractivity contribution >= 4 is 32.5 Å². The minimum absolute atomic E-state index is 0.180. The lowest BCUT2D eigenvalue weighted by Crippen LogP contribution is -2.28. The van der Waals surface area contributed by atoms with Gasteiger partial charge in [-0.1, -0.05) is 18.2 Å². The van der Waals surface area contributed by atoms with Crippen LogP contribution < -0.4 is 16.2 Å². The zero-order valence-corrected chi connectivity index (χ0v) is 12.1. The zero-order chi connectivity index (χ0) is 15.5. The van der Waals surface area contributed by atoms with Crippen LogP contribution >= 0.6 is 0 Å². The van der Waals surface area contributed by atoms with Gasteiger partial charge in [0.2, 0.25) is 10.0 Å². The van der Waals surface area contributed by atoms with Crippen LogP contribution in [-0.4, -0.2) is 31.6 Å². The molecule has 0 fully saturated rings. The number of pyridine rings is 1. The normalized spacial score (nSPS) is 11.5. The summed E-state index contributed by atoms with van der Waals surface area (Å²) in [5.41, 5.74) is 7.19. The Balaban J connectivity index is 2.06. The van der Waals surface area contributed by atoms with Crippen molar-refractivity contribution in [2.45, 2.75) is 6.42 Å². The van der Waals surface area contributed by atoms with Crippen molar-refractivity contribution in [2.24, 2.45) is 5.14 Å². The number of rotatable bonds is 5. The molecule has 8 heteroatoms. The van der Waals surface area contributed by atoms with E-state index >= 15 is 0 Å². The van der Waals surface area contributed by atoms with Gasteiger partial charge in [-0.05, 0) is 18.6 Å². The number of carbonyl (C=O) groups excluding carboxylic acids is 1. The highest BCUT2D eigenvalue weighted by atomic mass is 32.2. The third-order valence-electron chi connectivity index (χ3n) is 2.87. The number of benzene rings is 1. The quantitative estimate of drug-likeness (QED) is 0.681. The van der Waals surface area contributed by atoms with Crippen molar-refractivity contribution in [2.75, 3.05) is 18.0 Å². The zero-order valence-electron chi connectivity index (χ0n) is 11.2. The number of hydrogen-bond donors (Lipinski definition) is 3. The maximum atomic E-state index is 12.0. The van der Waals surface area contributed by atoms with E-state index in [0.29, 0.717) is 11.2 Å². The number of nitrogens with one attached hydrogen (secondary N) is 1. The molecule has 0 aliphatic heterocycles. The van der Waals surface area contributed by atoms with Crippen LogP contribution in [-0.2, 0) is 10.0 Å². The number of hydrogen-bond acceptors (Lipinski definition) is 5. The molecule has 0 aliphatic rings. The Bertz CT molecular complexity index is 774. The van der Waals surface area contributed by atoms with Crippen molar-refractivity contribution in [3.8, 4) is 0 Å². The van der Waals surface area contributed by atoms with Crippen molar-refractivity contribution in [3.05, 3.63) is 36.0 Å². The molecule has 0 radical (unpaired) electrons. The van der Waals surface area contributed by atoms with Gasteiger partial charge in [-0.3, -0.25) is 4.79 Å². The molecule has 1 aromatic heterocycles. The van der Waals surface area contributed by atoms with Crippen molar-refractivity contribution in [1.29, 1.82) is 0 Å². The van der Waals surface area contributed by atoms with Gasteiger partial charge >= 0.3 is 0 Å². The van der Waals surface area contributed by atoms with Crippen LogP contribution in [0, 0.1) is 0 Å². The molecule has 1 aromatic carbocycles. The molecule has 0 aliphatic carbocycles. The summed E-state index contributed by atoms with van der Waals surface area (Å²) in [6.07, 6.45) is 0.244. The number of nitrogen functional groups attached to an aromatic ring is 1. The molecule has 2 rings (SSSR count). The van der Waals surface area contributed by atoms with Gasteiger partial charge in [-0.15, -0.1) is 0 Å². The Morgan fingerprint density at radius 1 is 1.29 bits per heavy atom. The number of aromatic nitrogens is 1. The van der Waals surface area contributed by atoms with E-state index in [-0.39, 0.29) is 24.4 Å². The first kappa shape index (κ1) is 15.2. The molecule has 0 atom stereocenters. The number of amides is 1. The molecular weight excluding hydrogens is 292 g/mol. The average molecular weight is 308 g/mol. The number of nitrogens with zero attached hydrogens (tertiary/aromatic N) is 1. The van der Waals surface area contributed by atoms with Gasteiger partial charge in [0.1, 0.15) is 5.69 Å². The van der Waals surface area contributed by atoms with E-state index in [1.54, 1.807) is 6.07 Å². The van der Waals surface area contributed by atoms with E-state index in [4.69, 9.17) is 10.9 Å². The van der Waals surface area contributed by atoms with E-state index in [0.717, 1.165) is 5.39 Å². The van der Waals surface area contributed by atoms with Crippen molar-refractivity contribution in [1.82, 2.24) is 10.3 Å². The first-order chi connectivity index (χ1) is 9.87. The Kier molecular flexibility index (Phi) is 4.39.